The van der Waals surface area contributed by atoms with Gasteiger partial charge in [-0.05, 0) is 12.0 Å². The molecule has 1 aliphatic heterocycles. The summed E-state index contributed by atoms with van der Waals surface area (Å²) in [5.41, 5.74) is 0.917. The van der Waals surface area contributed by atoms with Crippen LogP contribution in [0, 0.1) is 12.5 Å². The van der Waals surface area contributed by atoms with Crippen molar-refractivity contribution < 1.29 is 9.59 Å². The van der Waals surface area contributed by atoms with Crippen LogP contribution in [-0.2, 0) is 9.59 Å². The first-order valence-corrected chi connectivity index (χ1v) is 5.12. The largest absolute Gasteiger partial charge is 0.273 e. The molecule has 1 aromatic carbocycles. The van der Waals surface area contributed by atoms with E-state index < -0.39 is 0 Å². The molecule has 0 aromatic heterocycles. The first-order chi connectivity index (χ1) is 7.74. The summed E-state index contributed by atoms with van der Waals surface area (Å²) < 4.78 is 0. The molecule has 3 nitrogen and oxygen atoms in total. The van der Waals surface area contributed by atoms with Gasteiger partial charge in [-0.3, -0.25) is 9.59 Å². The Labute approximate surface area is 94.1 Å². The predicted octanol–water partition coefficient (Wildman–Crippen LogP) is 1.51. The highest BCUT2D eigenvalue weighted by Crippen LogP contribution is 2.28. The number of amides is 2. The van der Waals surface area contributed by atoms with Crippen molar-refractivity contribution in [1.29, 1.82) is 0 Å². The number of nitrogens with zero attached hydrogens (tertiary/aromatic N) is 1. The van der Waals surface area contributed by atoms with E-state index in [1.54, 1.807) is 0 Å². The average Bonchev–Trinajstić information content (AvgIpc) is 2.31. The lowest BCUT2D eigenvalue weighted by molar-refractivity contribution is -0.144. The summed E-state index contributed by atoms with van der Waals surface area (Å²) in [6, 6.07) is 11.5. The molecule has 0 bridgehead atoms. The van der Waals surface area contributed by atoms with Crippen molar-refractivity contribution >= 4 is 11.8 Å². The fourth-order valence-corrected chi connectivity index (χ4v) is 1.91. The Morgan fingerprint density at radius 3 is 2.56 bits per heavy atom. The molecule has 0 radical (unpaired) electrons. The summed E-state index contributed by atoms with van der Waals surface area (Å²) in [5, 5.41) is 0. The first kappa shape index (κ1) is 10.4. The van der Waals surface area contributed by atoms with E-state index in [4.69, 9.17) is 6.42 Å². The summed E-state index contributed by atoms with van der Waals surface area (Å²) in [6.45, 7) is 0. The molecule has 0 saturated carbocycles. The maximum atomic E-state index is 11.9. The summed E-state index contributed by atoms with van der Waals surface area (Å²) >= 11 is 0. The highest BCUT2D eigenvalue weighted by molar-refractivity contribution is 6.02. The molecule has 0 aliphatic carbocycles. The minimum absolute atomic E-state index is 0.278. The van der Waals surface area contributed by atoms with Crippen LogP contribution in [0.5, 0.6) is 0 Å². The Kier molecular flexibility index (Phi) is 2.74. The number of terminal acetylenes is 1. The van der Waals surface area contributed by atoms with Crippen LogP contribution in [0.4, 0.5) is 0 Å². The van der Waals surface area contributed by atoms with E-state index in [0.717, 1.165) is 10.5 Å². The second-order valence-electron chi connectivity index (χ2n) is 3.70. The lowest BCUT2D eigenvalue weighted by Crippen LogP contribution is -2.40. The molecule has 1 saturated heterocycles. The Bertz CT molecular complexity index is 459. The number of rotatable bonds is 1. The lowest BCUT2D eigenvalue weighted by atomic mass is 9.90. The van der Waals surface area contributed by atoms with E-state index in [2.05, 4.69) is 6.04 Å². The maximum absolute atomic E-state index is 11.9. The second-order valence-corrected chi connectivity index (χ2v) is 3.70. The van der Waals surface area contributed by atoms with Gasteiger partial charge in [-0.2, -0.15) is 0 Å². The highest BCUT2D eigenvalue weighted by atomic mass is 16.2. The SMILES string of the molecule is C#CN1C(=O)CCC(c2ccccc2)C1=O. The van der Waals surface area contributed by atoms with E-state index in [9.17, 15) is 9.59 Å². The van der Waals surface area contributed by atoms with Crippen LogP contribution < -0.4 is 0 Å². The van der Waals surface area contributed by atoms with Gasteiger partial charge < -0.3 is 0 Å². The molecular weight excluding hydrogens is 202 g/mol. The van der Waals surface area contributed by atoms with E-state index in [0.29, 0.717) is 12.8 Å². The van der Waals surface area contributed by atoms with Gasteiger partial charge in [-0.25, -0.2) is 4.90 Å². The van der Waals surface area contributed by atoms with Gasteiger partial charge in [0.15, 0.2) is 0 Å². The molecule has 1 aromatic rings. The third-order valence-corrected chi connectivity index (χ3v) is 2.75. The number of likely N-dealkylation sites (tertiary alicyclic amines) is 1. The molecule has 16 heavy (non-hydrogen) atoms. The number of piperidine rings is 1. The molecule has 2 rings (SSSR count). The quantitative estimate of drug-likeness (QED) is 0.524. The van der Waals surface area contributed by atoms with Gasteiger partial charge in [0, 0.05) is 12.5 Å². The maximum Gasteiger partial charge on any atom is 0.248 e. The molecule has 2 amide bonds. The Balaban J connectivity index is 2.29. The van der Waals surface area contributed by atoms with Gasteiger partial charge >= 0.3 is 0 Å². The van der Waals surface area contributed by atoms with Crippen molar-refractivity contribution in [3.8, 4) is 12.5 Å². The smallest absolute Gasteiger partial charge is 0.248 e. The van der Waals surface area contributed by atoms with E-state index in [1.807, 2.05) is 30.3 Å². The third-order valence-electron chi connectivity index (χ3n) is 2.75. The Morgan fingerprint density at radius 1 is 1.25 bits per heavy atom. The molecule has 1 heterocycles. The van der Waals surface area contributed by atoms with Crippen LogP contribution in [0.15, 0.2) is 30.3 Å². The molecule has 1 aliphatic rings. The van der Waals surface area contributed by atoms with Crippen molar-refractivity contribution in [3.63, 3.8) is 0 Å². The second kappa shape index (κ2) is 4.19. The summed E-state index contributed by atoms with van der Waals surface area (Å²) in [6.07, 6.45) is 6.03. The standard InChI is InChI=1S/C13H11NO2/c1-2-14-12(15)9-8-11(13(14)16)10-6-4-3-5-7-10/h1,3-7,11H,8-9H2. The highest BCUT2D eigenvalue weighted by Gasteiger charge is 2.34. The molecule has 1 fully saturated rings. The van der Waals surface area contributed by atoms with Crippen LogP contribution in [-0.4, -0.2) is 16.7 Å². The average molecular weight is 213 g/mol. The molecule has 80 valence electrons. The lowest BCUT2D eigenvalue weighted by Gasteiger charge is -2.26. The monoisotopic (exact) mass is 213 g/mol. The minimum atomic E-state index is -0.287. The van der Waals surface area contributed by atoms with Crippen LogP contribution in [0.2, 0.25) is 0 Å². The fourth-order valence-electron chi connectivity index (χ4n) is 1.91. The van der Waals surface area contributed by atoms with Gasteiger partial charge in [0.1, 0.15) is 0 Å². The molecule has 1 unspecified atom stereocenters. The van der Waals surface area contributed by atoms with Crippen molar-refractivity contribution in [3.05, 3.63) is 35.9 Å². The molecule has 3 heteroatoms. The predicted molar refractivity (Wildman–Crippen MR) is 59.1 cm³/mol. The number of carbonyl (C=O) groups is 2. The van der Waals surface area contributed by atoms with Crippen LogP contribution in [0.3, 0.4) is 0 Å². The molecule has 1 atom stereocenters. The van der Waals surface area contributed by atoms with Crippen LogP contribution in [0.1, 0.15) is 24.3 Å². The first-order valence-electron chi connectivity index (χ1n) is 5.12. The van der Waals surface area contributed by atoms with Crippen molar-refractivity contribution in [2.24, 2.45) is 0 Å². The van der Waals surface area contributed by atoms with Gasteiger partial charge in [-0.15, -0.1) is 0 Å². The van der Waals surface area contributed by atoms with Gasteiger partial charge in [0.05, 0.1) is 5.92 Å². The van der Waals surface area contributed by atoms with Crippen molar-refractivity contribution in [2.45, 2.75) is 18.8 Å². The summed E-state index contributed by atoms with van der Waals surface area (Å²) in [7, 11) is 0. The normalized spacial score (nSPS) is 20.7. The van der Waals surface area contributed by atoms with Crippen molar-refractivity contribution in [1.82, 2.24) is 4.90 Å². The number of imide groups is 1. The summed E-state index contributed by atoms with van der Waals surface area (Å²) in [5.74, 6) is -0.848. The van der Waals surface area contributed by atoms with Gasteiger partial charge in [0.25, 0.3) is 0 Å². The minimum Gasteiger partial charge on any atom is -0.273 e. The van der Waals surface area contributed by atoms with E-state index >= 15 is 0 Å². The Hall–Kier alpha value is -2.08. The third kappa shape index (κ3) is 1.70. The number of benzene rings is 1. The Morgan fingerprint density at radius 2 is 1.94 bits per heavy atom. The molecule has 0 N–H and O–H groups in total. The van der Waals surface area contributed by atoms with Crippen molar-refractivity contribution in [2.75, 3.05) is 0 Å². The molecular formula is C13H11NO2. The van der Waals surface area contributed by atoms with Crippen LogP contribution in [0.25, 0.3) is 0 Å². The number of hydrogen-bond donors (Lipinski definition) is 0. The summed E-state index contributed by atoms with van der Waals surface area (Å²) in [4.78, 5) is 24.2. The molecule has 0 spiro atoms. The van der Waals surface area contributed by atoms with E-state index in [-0.39, 0.29) is 17.7 Å². The zero-order valence-electron chi connectivity index (χ0n) is 8.72. The number of hydrogen-bond acceptors (Lipinski definition) is 2. The van der Waals surface area contributed by atoms with E-state index in [1.165, 1.54) is 0 Å². The topological polar surface area (TPSA) is 37.4 Å². The zero-order valence-corrected chi connectivity index (χ0v) is 8.72. The van der Waals surface area contributed by atoms with Gasteiger partial charge in [0.2, 0.25) is 11.8 Å². The zero-order chi connectivity index (χ0) is 11.5. The van der Waals surface area contributed by atoms with Crippen LogP contribution >= 0.6 is 0 Å². The fraction of sp³-hybridized carbons (Fsp3) is 0.231. The van der Waals surface area contributed by atoms with Gasteiger partial charge in [-0.1, -0.05) is 36.8 Å². The number of carbonyl (C=O) groups excluding carboxylic acids is 2.